The molecule has 0 saturated heterocycles. The van der Waals surface area contributed by atoms with E-state index in [1.165, 1.54) is 63.9 Å². The quantitative estimate of drug-likeness (QED) is 0.334. The summed E-state index contributed by atoms with van der Waals surface area (Å²) in [7, 11) is 0. The van der Waals surface area contributed by atoms with Gasteiger partial charge in [0.15, 0.2) is 0 Å². The molecule has 0 amide bonds. The summed E-state index contributed by atoms with van der Waals surface area (Å²) in [4.78, 5) is 12.5. The van der Waals surface area contributed by atoms with E-state index in [0.717, 1.165) is 30.5 Å². The number of hydrogen-bond donors (Lipinski definition) is 1. The van der Waals surface area contributed by atoms with Gasteiger partial charge in [0.1, 0.15) is 11.5 Å². The van der Waals surface area contributed by atoms with Crippen LogP contribution in [0.15, 0.2) is 29.1 Å². The van der Waals surface area contributed by atoms with Crippen LogP contribution in [0.25, 0.3) is 10.9 Å². The van der Waals surface area contributed by atoms with Gasteiger partial charge < -0.3 is 14.4 Å². The van der Waals surface area contributed by atoms with Gasteiger partial charge in [-0.3, -0.25) is 4.79 Å². The molecule has 0 atom stereocenters. The van der Waals surface area contributed by atoms with Gasteiger partial charge in [-0.2, -0.15) is 0 Å². The number of aromatic hydroxyl groups is 1. The molecular weight excluding hydrogens is 362 g/mol. The van der Waals surface area contributed by atoms with Crippen molar-refractivity contribution in [1.82, 2.24) is 4.57 Å². The maximum absolute atomic E-state index is 12.5. The normalized spacial score (nSPS) is 11.2. The number of aromatic nitrogens is 1. The first kappa shape index (κ1) is 23.3. The highest BCUT2D eigenvalue weighted by Crippen LogP contribution is 2.27. The van der Waals surface area contributed by atoms with Crippen molar-refractivity contribution in [3.05, 3.63) is 34.6 Å². The zero-order chi connectivity index (χ0) is 20.9. The Labute approximate surface area is 175 Å². The first-order chi connectivity index (χ1) is 14.2. The molecule has 1 aromatic carbocycles. The molecule has 162 valence electrons. The summed E-state index contributed by atoms with van der Waals surface area (Å²) in [6.07, 6.45) is 14.5. The molecule has 4 nitrogen and oxygen atoms in total. The third kappa shape index (κ3) is 7.75. The van der Waals surface area contributed by atoms with E-state index in [9.17, 15) is 9.90 Å². The van der Waals surface area contributed by atoms with Gasteiger partial charge in [0.2, 0.25) is 0 Å². The number of aryl methyl sites for hydroxylation is 1. The van der Waals surface area contributed by atoms with Crippen molar-refractivity contribution in [3.8, 4) is 11.5 Å². The molecule has 0 aliphatic carbocycles. The summed E-state index contributed by atoms with van der Waals surface area (Å²) in [5, 5.41) is 10.9. The molecule has 0 bridgehead atoms. The zero-order valence-electron chi connectivity index (χ0n) is 18.4. The Morgan fingerprint density at radius 2 is 1.45 bits per heavy atom. The molecule has 0 aliphatic rings. The zero-order valence-corrected chi connectivity index (χ0v) is 18.4. The van der Waals surface area contributed by atoms with Gasteiger partial charge in [-0.15, -0.1) is 0 Å². The summed E-state index contributed by atoms with van der Waals surface area (Å²) < 4.78 is 7.71. The highest BCUT2D eigenvalue weighted by molar-refractivity contribution is 5.86. The van der Waals surface area contributed by atoms with E-state index in [4.69, 9.17) is 4.74 Å². The second-order valence-electron chi connectivity index (χ2n) is 8.08. The lowest BCUT2D eigenvalue weighted by Gasteiger charge is -2.13. The maximum Gasteiger partial charge on any atom is 0.254 e. The lowest BCUT2D eigenvalue weighted by molar-refractivity contribution is 0.304. The van der Waals surface area contributed by atoms with E-state index in [2.05, 4.69) is 13.8 Å². The van der Waals surface area contributed by atoms with Crippen LogP contribution >= 0.6 is 0 Å². The van der Waals surface area contributed by atoms with Gasteiger partial charge in [-0.05, 0) is 25.0 Å². The van der Waals surface area contributed by atoms with Gasteiger partial charge >= 0.3 is 0 Å². The van der Waals surface area contributed by atoms with Crippen LogP contribution in [0, 0.1) is 0 Å². The van der Waals surface area contributed by atoms with E-state index >= 15 is 0 Å². The summed E-state index contributed by atoms with van der Waals surface area (Å²) in [6.45, 7) is 5.82. The molecule has 29 heavy (non-hydrogen) atoms. The van der Waals surface area contributed by atoms with E-state index in [0.29, 0.717) is 18.5 Å². The Bertz CT molecular complexity index is 781. The van der Waals surface area contributed by atoms with E-state index in [1.807, 2.05) is 18.2 Å². The number of unbranched alkanes of at least 4 members (excludes halogenated alkanes) is 10. The predicted molar refractivity (Wildman–Crippen MR) is 122 cm³/mol. The monoisotopic (exact) mass is 401 g/mol. The van der Waals surface area contributed by atoms with Crippen LogP contribution in [0.2, 0.25) is 0 Å². The largest absolute Gasteiger partial charge is 0.507 e. The lowest BCUT2D eigenvalue weighted by atomic mass is 10.1. The van der Waals surface area contributed by atoms with Gasteiger partial charge in [0.25, 0.3) is 5.56 Å². The minimum atomic E-state index is -0.142. The second kappa shape index (κ2) is 13.3. The SMILES string of the molecule is CCCCCCCCOc1ccc2c(O)cc(=O)n(CCCCCCCC)c2c1. The second-order valence-corrected chi connectivity index (χ2v) is 8.08. The third-order valence-electron chi connectivity index (χ3n) is 5.56. The molecule has 0 saturated carbocycles. The fraction of sp³-hybridized carbons (Fsp3) is 0.640. The number of hydrogen-bond acceptors (Lipinski definition) is 3. The molecule has 0 unspecified atom stereocenters. The van der Waals surface area contributed by atoms with Crippen molar-refractivity contribution in [3.63, 3.8) is 0 Å². The average Bonchev–Trinajstić information content (AvgIpc) is 2.71. The molecule has 1 N–H and O–H groups in total. The van der Waals surface area contributed by atoms with Gasteiger partial charge in [0.05, 0.1) is 12.1 Å². The molecular formula is C25H39NO3. The van der Waals surface area contributed by atoms with Crippen molar-refractivity contribution in [1.29, 1.82) is 0 Å². The molecule has 0 radical (unpaired) electrons. The number of ether oxygens (including phenoxy) is 1. The smallest absolute Gasteiger partial charge is 0.254 e. The Hall–Kier alpha value is -1.97. The van der Waals surface area contributed by atoms with Gasteiger partial charge in [-0.25, -0.2) is 0 Å². The standard InChI is InChI=1S/C25H39NO3/c1-3-5-7-9-11-13-17-26-23-19-21(29-18-14-12-10-8-6-4-2)15-16-22(23)24(27)20-25(26)28/h15-16,19-20,27H,3-14,17-18H2,1-2H3. The van der Waals surface area contributed by atoms with Crippen molar-refractivity contribution >= 4 is 10.9 Å². The summed E-state index contributed by atoms with van der Waals surface area (Å²) >= 11 is 0. The van der Waals surface area contributed by atoms with Crippen LogP contribution in [0.4, 0.5) is 0 Å². The fourth-order valence-electron chi connectivity index (χ4n) is 3.79. The number of fused-ring (bicyclic) bond motifs is 1. The Balaban J connectivity index is 1.97. The van der Waals surface area contributed by atoms with E-state index in [-0.39, 0.29) is 11.3 Å². The van der Waals surface area contributed by atoms with Crippen molar-refractivity contribution in [2.45, 2.75) is 97.4 Å². The van der Waals surface area contributed by atoms with Crippen LogP contribution < -0.4 is 10.3 Å². The highest BCUT2D eigenvalue weighted by atomic mass is 16.5. The topological polar surface area (TPSA) is 51.5 Å². The lowest BCUT2D eigenvalue weighted by Crippen LogP contribution is -2.19. The first-order valence-corrected chi connectivity index (χ1v) is 11.7. The number of pyridine rings is 1. The Morgan fingerprint density at radius 1 is 0.828 bits per heavy atom. The minimum absolute atomic E-state index is 0.0478. The number of nitrogens with zero attached hydrogens (tertiary/aromatic N) is 1. The Kier molecular flexibility index (Phi) is 10.7. The molecule has 0 aliphatic heterocycles. The predicted octanol–water partition coefficient (Wildman–Crippen LogP) is 6.81. The average molecular weight is 402 g/mol. The minimum Gasteiger partial charge on any atom is -0.507 e. The van der Waals surface area contributed by atoms with Crippen LogP contribution in [0.5, 0.6) is 11.5 Å². The van der Waals surface area contributed by atoms with Crippen molar-refractivity contribution in [2.75, 3.05) is 6.61 Å². The molecule has 2 rings (SSSR count). The highest BCUT2D eigenvalue weighted by Gasteiger charge is 2.09. The fourth-order valence-corrected chi connectivity index (χ4v) is 3.79. The molecule has 0 fully saturated rings. The van der Waals surface area contributed by atoms with Gasteiger partial charge in [-0.1, -0.05) is 78.1 Å². The van der Waals surface area contributed by atoms with E-state index < -0.39 is 0 Å². The molecule has 1 aromatic heterocycles. The molecule has 1 heterocycles. The van der Waals surface area contributed by atoms with Crippen LogP contribution in [0.3, 0.4) is 0 Å². The maximum atomic E-state index is 12.5. The van der Waals surface area contributed by atoms with Crippen molar-refractivity contribution < 1.29 is 9.84 Å². The third-order valence-corrected chi connectivity index (χ3v) is 5.56. The summed E-state index contributed by atoms with van der Waals surface area (Å²) in [5.41, 5.74) is 0.626. The van der Waals surface area contributed by atoms with Crippen LogP contribution in [0.1, 0.15) is 90.9 Å². The van der Waals surface area contributed by atoms with Crippen LogP contribution in [-0.4, -0.2) is 16.3 Å². The first-order valence-electron chi connectivity index (χ1n) is 11.7. The summed E-state index contributed by atoms with van der Waals surface area (Å²) in [5.74, 6) is 0.819. The molecule has 4 heteroatoms. The van der Waals surface area contributed by atoms with Crippen molar-refractivity contribution in [2.24, 2.45) is 0 Å². The van der Waals surface area contributed by atoms with Gasteiger partial charge in [0, 0.05) is 24.1 Å². The summed E-state index contributed by atoms with van der Waals surface area (Å²) in [6, 6.07) is 6.98. The number of rotatable bonds is 15. The molecule has 2 aromatic rings. The number of benzene rings is 1. The Morgan fingerprint density at radius 3 is 2.14 bits per heavy atom. The van der Waals surface area contributed by atoms with E-state index in [1.54, 1.807) is 4.57 Å². The molecule has 0 spiro atoms. The van der Waals surface area contributed by atoms with Crippen LogP contribution in [-0.2, 0) is 6.54 Å².